The molecule has 0 N–H and O–H groups in total. The maximum atomic E-state index is 13.1. The average Bonchev–Trinajstić information content (AvgIpc) is 2.94. The fourth-order valence-electron chi connectivity index (χ4n) is 4.39. The zero-order valence-electron chi connectivity index (χ0n) is 20.1. The van der Waals surface area contributed by atoms with E-state index in [-0.39, 0.29) is 23.5 Å². The van der Waals surface area contributed by atoms with Crippen LogP contribution in [0.25, 0.3) is 22.4 Å². The van der Waals surface area contributed by atoms with Crippen molar-refractivity contribution < 1.29 is 9.53 Å². The Morgan fingerprint density at radius 2 is 1.67 bits per heavy atom. The minimum Gasteiger partial charge on any atom is -0.497 e. The van der Waals surface area contributed by atoms with Gasteiger partial charge in [-0.3, -0.25) is 18.7 Å². The van der Waals surface area contributed by atoms with Crippen molar-refractivity contribution in [1.29, 1.82) is 0 Å². The Morgan fingerprint density at radius 3 is 2.33 bits per heavy atom. The summed E-state index contributed by atoms with van der Waals surface area (Å²) in [7, 11) is 3.17. The van der Waals surface area contributed by atoms with E-state index in [1.165, 1.54) is 10.8 Å². The summed E-state index contributed by atoms with van der Waals surface area (Å²) in [4.78, 5) is 51.9. The Kier molecular flexibility index (Phi) is 6.24. The van der Waals surface area contributed by atoms with Crippen molar-refractivity contribution in [2.24, 2.45) is 7.05 Å². The number of benzene rings is 2. The highest BCUT2D eigenvalue weighted by Gasteiger charge is 2.23. The molecule has 1 saturated heterocycles. The molecule has 0 aliphatic carbocycles. The third kappa shape index (κ3) is 4.33. The zero-order valence-corrected chi connectivity index (χ0v) is 20.1. The normalized spacial score (nSPS) is 13.7. The van der Waals surface area contributed by atoms with E-state index in [0.29, 0.717) is 32.0 Å². The van der Waals surface area contributed by atoms with Crippen molar-refractivity contribution in [1.82, 2.24) is 24.0 Å². The van der Waals surface area contributed by atoms with Gasteiger partial charge in [0.15, 0.2) is 11.5 Å². The number of fused-ring (bicyclic) bond motifs is 1. The highest BCUT2D eigenvalue weighted by atomic mass is 16.5. The van der Waals surface area contributed by atoms with Crippen molar-refractivity contribution in [2.45, 2.75) is 6.54 Å². The molecule has 10 heteroatoms. The fraction of sp³-hybridized carbons (Fsp3) is 0.269. The maximum Gasteiger partial charge on any atom is 0.332 e. The van der Waals surface area contributed by atoms with Crippen LogP contribution in [0.3, 0.4) is 0 Å². The Hall–Kier alpha value is -4.47. The third-order valence-corrected chi connectivity index (χ3v) is 6.48. The number of methoxy groups -OCH3 is 1. The molecule has 2 aromatic heterocycles. The van der Waals surface area contributed by atoms with Gasteiger partial charge in [-0.15, -0.1) is 0 Å². The molecule has 0 bridgehead atoms. The van der Waals surface area contributed by atoms with Crippen molar-refractivity contribution in [3.63, 3.8) is 0 Å². The predicted octanol–water partition coefficient (Wildman–Crippen LogP) is 1.51. The molecule has 1 amide bonds. The Bertz CT molecular complexity index is 1520. The topological polar surface area (TPSA) is 103 Å². The molecule has 2 aromatic carbocycles. The van der Waals surface area contributed by atoms with Crippen LogP contribution < -0.4 is 20.9 Å². The first kappa shape index (κ1) is 23.3. The van der Waals surface area contributed by atoms with Gasteiger partial charge in [0, 0.05) is 50.7 Å². The second-order valence-electron chi connectivity index (χ2n) is 8.60. The third-order valence-electron chi connectivity index (χ3n) is 6.48. The van der Waals surface area contributed by atoms with Crippen LogP contribution in [0.15, 0.2) is 70.4 Å². The van der Waals surface area contributed by atoms with Crippen molar-refractivity contribution >= 4 is 22.6 Å². The molecule has 0 saturated carbocycles. The second kappa shape index (κ2) is 9.65. The van der Waals surface area contributed by atoms with Gasteiger partial charge in [0.1, 0.15) is 17.7 Å². The molecule has 4 aromatic rings. The minimum absolute atomic E-state index is 0.189. The minimum atomic E-state index is -0.588. The molecular formula is C26H26N6O4. The van der Waals surface area contributed by atoms with Gasteiger partial charge < -0.3 is 14.5 Å². The smallest absolute Gasteiger partial charge is 0.332 e. The first-order chi connectivity index (χ1) is 17.5. The number of rotatable bonds is 5. The first-order valence-corrected chi connectivity index (χ1v) is 11.6. The molecule has 0 unspecified atom stereocenters. The number of aromatic nitrogens is 4. The van der Waals surface area contributed by atoms with Crippen LogP contribution in [0.5, 0.6) is 5.75 Å². The van der Waals surface area contributed by atoms with Crippen LogP contribution in [0.1, 0.15) is 0 Å². The molecule has 10 nitrogen and oxygen atoms in total. The number of carbonyl (C=O) groups is 1. The van der Waals surface area contributed by atoms with E-state index in [1.54, 1.807) is 19.1 Å². The molecule has 3 heterocycles. The molecular weight excluding hydrogens is 460 g/mol. The number of piperazine rings is 1. The van der Waals surface area contributed by atoms with Crippen LogP contribution >= 0.6 is 0 Å². The van der Waals surface area contributed by atoms with Gasteiger partial charge in [-0.1, -0.05) is 30.3 Å². The lowest BCUT2D eigenvalue weighted by Crippen LogP contribution is -2.51. The van der Waals surface area contributed by atoms with E-state index < -0.39 is 11.2 Å². The standard InChI is InChI=1S/C26H26N6O4/c1-29-24-21(16-27-23(28-24)18-6-4-3-5-7-18)25(34)32(26(29)35)17-22(33)31-14-12-30(13-15-31)19-8-10-20(36-2)11-9-19/h3-11,16H,12-15,17H2,1-2H3. The summed E-state index contributed by atoms with van der Waals surface area (Å²) in [5, 5.41) is 0.189. The molecule has 184 valence electrons. The van der Waals surface area contributed by atoms with Gasteiger partial charge in [0.05, 0.1) is 7.11 Å². The van der Waals surface area contributed by atoms with Crippen molar-refractivity contribution in [3.8, 4) is 17.1 Å². The lowest BCUT2D eigenvalue weighted by molar-refractivity contribution is -0.132. The number of anilines is 1. The number of aryl methyl sites for hydroxylation is 1. The molecule has 5 rings (SSSR count). The summed E-state index contributed by atoms with van der Waals surface area (Å²) >= 11 is 0. The Morgan fingerprint density at radius 1 is 0.972 bits per heavy atom. The highest BCUT2D eigenvalue weighted by Crippen LogP contribution is 2.20. The molecule has 0 radical (unpaired) electrons. The first-order valence-electron chi connectivity index (χ1n) is 11.6. The predicted molar refractivity (Wildman–Crippen MR) is 136 cm³/mol. The summed E-state index contributed by atoms with van der Waals surface area (Å²) in [5.74, 6) is 0.933. The number of ether oxygens (including phenoxy) is 1. The van der Waals surface area contributed by atoms with E-state index in [1.807, 2.05) is 54.6 Å². The molecule has 36 heavy (non-hydrogen) atoms. The summed E-state index contributed by atoms with van der Waals surface area (Å²) in [6, 6.07) is 17.1. The van der Waals surface area contributed by atoms with Gasteiger partial charge >= 0.3 is 5.69 Å². The highest BCUT2D eigenvalue weighted by molar-refractivity contribution is 5.78. The Balaban J connectivity index is 1.34. The monoisotopic (exact) mass is 486 g/mol. The second-order valence-corrected chi connectivity index (χ2v) is 8.60. The van der Waals surface area contributed by atoms with E-state index in [0.717, 1.165) is 21.6 Å². The quantitative estimate of drug-likeness (QED) is 0.421. The molecule has 0 atom stereocenters. The number of amides is 1. The van der Waals surface area contributed by atoms with E-state index in [2.05, 4.69) is 14.9 Å². The zero-order chi connectivity index (χ0) is 25.2. The van der Waals surface area contributed by atoms with E-state index in [4.69, 9.17) is 4.74 Å². The van der Waals surface area contributed by atoms with Crippen LogP contribution in [0.2, 0.25) is 0 Å². The van der Waals surface area contributed by atoms with Crippen molar-refractivity contribution in [3.05, 3.63) is 81.6 Å². The van der Waals surface area contributed by atoms with Gasteiger partial charge in [0.25, 0.3) is 5.56 Å². The lowest BCUT2D eigenvalue weighted by atomic mass is 10.2. The van der Waals surface area contributed by atoms with Gasteiger partial charge in [-0.05, 0) is 24.3 Å². The summed E-state index contributed by atoms with van der Waals surface area (Å²) < 4.78 is 7.46. The van der Waals surface area contributed by atoms with E-state index >= 15 is 0 Å². The van der Waals surface area contributed by atoms with Crippen LogP contribution in [0, 0.1) is 0 Å². The van der Waals surface area contributed by atoms with Crippen LogP contribution in [0.4, 0.5) is 5.69 Å². The fourth-order valence-corrected chi connectivity index (χ4v) is 4.39. The lowest BCUT2D eigenvalue weighted by Gasteiger charge is -2.36. The number of nitrogens with zero attached hydrogens (tertiary/aromatic N) is 6. The number of hydrogen-bond donors (Lipinski definition) is 0. The summed E-state index contributed by atoms with van der Waals surface area (Å²) in [5.41, 5.74) is 0.904. The molecule has 1 aliphatic rings. The van der Waals surface area contributed by atoms with E-state index in [9.17, 15) is 14.4 Å². The largest absolute Gasteiger partial charge is 0.497 e. The number of carbonyl (C=O) groups excluding carboxylic acids is 1. The molecule has 1 fully saturated rings. The molecule has 0 spiro atoms. The van der Waals surface area contributed by atoms with Gasteiger partial charge in [0.2, 0.25) is 5.91 Å². The van der Waals surface area contributed by atoms with Crippen LogP contribution in [-0.2, 0) is 18.4 Å². The number of hydrogen-bond acceptors (Lipinski definition) is 7. The summed E-state index contributed by atoms with van der Waals surface area (Å²) in [6.45, 7) is 1.97. The molecule has 1 aliphatic heterocycles. The Labute approximate surface area is 207 Å². The average molecular weight is 487 g/mol. The van der Waals surface area contributed by atoms with Crippen LogP contribution in [-0.4, -0.2) is 63.2 Å². The van der Waals surface area contributed by atoms with Gasteiger partial charge in [-0.25, -0.2) is 14.8 Å². The summed E-state index contributed by atoms with van der Waals surface area (Å²) in [6.07, 6.45) is 1.42. The van der Waals surface area contributed by atoms with Crippen molar-refractivity contribution in [2.75, 3.05) is 38.2 Å². The SMILES string of the molecule is COc1ccc(N2CCN(C(=O)Cn3c(=O)c4cnc(-c5ccccc5)nc4n(C)c3=O)CC2)cc1. The maximum absolute atomic E-state index is 13.1. The van der Waals surface area contributed by atoms with Gasteiger partial charge in [-0.2, -0.15) is 0 Å².